The van der Waals surface area contributed by atoms with Gasteiger partial charge < -0.3 is 16.2 Å². The van der Waals surface area contributed by atoms with E-state index >= 15 is 0 Å². The molecule has 5 nitrogen and oxygen atoms in total. The average Bonchev–Trinajstić information content (AvgIpc) is 2.77. The highest BCUT2D eigenvalue weighted by Gasteiger charge is 2.10. The van der Waals surface area contributed by atoms with Gasteiger partial charge in [-0.3, -0.25) is 11.7 Å². The molecule has 0 unspecified atom stereocenters. The lowest BCUT2D eigenvalue weighted by molar-refractivity contribution is 0.443. The molecule has 0 saturated carbocycles. The third-order valence-corrected chi connectivity index (χ3v) is 5.83. The Morgan fingerprint density at radius 1 is 0.781 bits per heavy atom. The molecule has 0 bridgehead atoms. The summed E-state index contributed by atoms with van der Waals surface area (Å²) in [5.41, 5.74) is 12.4. The van der Waals surface area contributed by atoms with Gasteiger partial charge in [0.1, 0.15) is 0 Å². The van der Waals surface area contributed by atoms with Gasteiger partial charge in [-0.05, 0) is 75.8 Å². The first-order valence-corrected chi connectivity index (χ1v) is 12.2. The van der Waals surface area contributed by atoms with Gasteiger partial charge in [0.2, 0.25) is 0 Å². The van der Waals surface area contributed by atoms with Crippen molar-refractivity contribution in [3.05, 3.63) is 71.7 Å². The largest absolute Gasteiger partial charge is 0.386 e. The van der Waals surface area contributed by atoms with Crippen molar-refractivity contribution in [1.29, 1.82) is 0 Å². The fraction of sp³-hybridized carbons (Fsp3) is 0.556. The van der Waals surface area contributed by atoms with Gasteiger partial charge in [0.05, 0.1) is 0 Å². The molecule has 0 aliphatic carbocycles. The van der Waals surface area contributed by atoms with E-state index in [1.807, 2.05) is 0 Å². The van der Waals surface area contributed by atoms with Crippen molar-refractivity contribution in [2.24, 2.45) is 11.7 Å². The van der Waals surface area contributed by atoms with Gasteiger partial charge in [0.25, 0.3) is 0 Å². The van der Waals surface area contributed by atoms with Crippen LogP contribution in [0.25, 0.3) is 0 Å². The van der Waals surface area contributed by atoms with Crippen LogP contribution in [0.15, 0.2) is 55.0 Å². The number of hydrogen-bond donors (Lipinski definition) is 5. The minimum Gasteiger partial charge on any atom is -0.386 e. The number of allylic oxidation sites excluding steroid dienone is 3. The summed E-state index contributed by atoms with van der Waals surface area (Å²) in [6.45, 7) is 16.6. The summed E-state index contributed by atoms with van der Waals surface area (Å²) < 4.78 is 0. The zero-order valence-electron chi connectivity index (χ0n) is 20.6. The number of aryl methyl sites for hydroxylation is 3. The quantitative estimate of drug-likeness (QED) is 0.112. The Kier molecular flexibility index (Phi) is 14.2. The number of hydrazine groups is 2. The summed E-state index contributed by atoms with van der Waals surface area (Å²) in [6.07, 6.45) is 12.9. The van der Waals surface area contributed by atoms with E-state index in [-0.39, 0.29) is 0 Å². The van der Waals surface area contributed by atoms with Crippen LogP contribution in [0, 0.1) is 6.92 Å². The van der Waals surface area contributed by atoms with E-state index < -0.39 is 0 Å². The van der Waals surface area contributed by atoms with Crippen molar-refractivity contribution in [1.82, 2.24) is 16.2 Å². The van der Waals surface area contributed by atoms with Crippen LogP contribution in [0.4, 0.5) is 0 Å². The van der Waals surface area contributed by atoms with Crippen molar-refractivity contribution >= 4 is 0 Å². The minimum absolute atomic E-state index is 0.439. The maximum Gasteiger partial charge on any atom is 0.0258 e. The highest BCUT2D eigenvalue weighted by molar-refractivity contribution is 5.30. The van der Waals surface area contributed by atoms with Gasteiger partial charge in [-0.1, -0.05) is 69.7 Å². The van der Waals surface area contributed by atoms with Gasteiger partial charge in [0.15, 0.2) is 0 Å². The first-order valence-electron chi connectivity index (χ1n) is 12.2. The Balaban J connectivity index is 2.54. The molecule has 0 aromatic heterocycles. The van der Waals surface area contributed by atoms with Gasteiger partial charge in [-0.2, -0.15) is 0 Å². The van der Waals surface area contributed by atoms with Crippen LogP contribution in [0.5, 0.6) is 0 Å². The Hall–Kier alpha value is -2.24. The van der Waals surface area contributed by atoms with Gasteiger partial charge in [-0.25, -0.2) is 0 Å². The van der Waals surface area contributed by atoms with Crippen LogP contribution < -0.4 is 27.9 Å². The van der Waals surface area contributed by atoms with Crippen LogP contribution >= 0.6 is 0 Å². The molecule has 1 rings (SSSR count). The normalized spacial score (nSPS) is 10.8. The van der Waals surface area contributed by atoms with Gasteiger partial charge >= 0.3 is 0 Å². The molecule has 1 aromatic carbocycles. The fourth-order valence-electron chi connectivity index (χ4n) is 4.07. The number of benzene rings is 1. The molecule has 0 radical (unpaired) electrons. The Morgan fingerprint density at radius 2 is 1.31 bits per heavy atom. The summed E-state index contributed by atoms with van der Waals surface area (Å²) in [5, 5.41) is 3.73. The van der Waals surface area contributed by atoms with Crippen molar-refractivity contribution in [2.45, 2.75) is 96.9 Å². The molecule has 0 aliphatic rings. The Morgan fingerprint density at radius 3 is 1.81 bits per heavy atom. The molecular formula is C27H47N5. The number of nitrogens with two attached hydrogens (primary N) is 2. The predicted octanol–water partition coefficient (Wildman–Crippen LogP) is 5.43. The molecule has 180 valence electrons. The average molecular weight is 442 g/mol. The number of nitrogens with one attached hydrogen (secondary N) is 3. The highest BCUT2D eigenvalue weighted by Crippen LogP contribution is 2.17. The highest BCUT2D eigenvalue weighted by atomic mass is 15.2. The van der Waals surface area contributed by atoms with Gasteiger partial charge in [0, 0.05) is 23.1 Å². The third-order valence-electron chi connectivity index (χ3n) is 5.83. The van der Waals surface area contributed by atoms with Crippen LogP contribution in [-0.2, 0) is 12.8 Å². The summed E-state index contributed by atoms with van der Waals surface area (Å²) in [6, 6.07) is 7.41. The zero-order valence-corrected chi connectivity index (χ0v) is 20.6. The van der Waals surface area contributed by atoms with Crippen LogP contribution in [-0.4, -0.2) is 6.04 Å². The molecule has 1 aromatic rings. The van der Waals surface area contributed by atoms with E-state index in [9.17, 15) is 0 Å². The molecule has 0 amide bonds. The summed E-state index contributed by atoms with van der Waals surface area (Å²) in [5.74, 6) is 10.8. The SMILES string of the molecule is C=C(CCCCC(CCCCC(=C)NN)NC(=C)CCc1cc(C)cc(CCC)c1)NN. The van der Waals surface area contributed by atoms with E-state index in [2.05, 4.69) is 68.0 Å². The van der Waals surface area contributed by atoms with E-state index in [4.69, 9.17) is 11.7 Å². The van der Waals surface area contributed by atoms with Crippen molar-refractivity contribution in [3.8, 4) is 0 Å². The van der Waals surface area contributed by atoms with E-state index in [0.29, 0.717) is 6.04 Å². The van der Waals surface area contributed by atoms with E-state index in [0.717, 1.165) is 87.7 Å². The minimum atomic E-state index is 0.439. The molecule has 0 aliphatic heterocycles. The predicted molar refractivity (Wildman–Crippen MR) is 139 cm³/mol. The molecule has 0 atom stereocenters. The molecule has 0 saturated heterocycles. The van der Waals surface area contributed by atoms with E-state index in [1.54, 1.807) is 0 Å². The van der Waals surface area contributed by atoms with Crippen LogP contribution in [0.3, 0.4) is 0 Å². The second kappa shape index (κ2) is 16.4. The molecule has 0 fully saturated rings. The standard InChI is InChI=1S/C27H47N5/c1-6-11-25-18-21(2)19-26(20-25)17-16-22(3)30-27(14-9-7-12-23(4)31-28)15-10-8-13-24(5)32-29/h18-20,27,30-32H,3-17,28-29H2,1-2H3. The second-order valence-electron chi connectivity index (χ2n) is 9.01. The first-order chi connectivity index (χ1) is 15.4. The third kappa shape index (κ3) is 12.6. The lowest BCUT2D eigenvalue weighted by Gasteiger charge is -2.22. The van der Waals surface area contributed by atoms with Crippen LogP contribution in [0.1, 0.15) is 87.8 Å². The molecule has 0 spiro atoms. The molecule has 7 N–H and O–H groups in total. The van der Waals surface area contributed by atoms with Crippen molar-refractivity contribution in [3.63, 3.8) is 0 Å². The van der Waals surface area contributed by atoms with Crippen molar-refractivity contribution in [2.75, 3.05) is 0 Å². The van der Waals surface area contributed by atoms with Crippen molar-refractivity contribution < 1.29 is 0 Å². The summed E-state index contributed by atoms with van der Waals surface area (Å²) >= 11 is 0. The monoisotopic (exact) mass is 441 g/mol. The summed E-state index contributed by atoms with van der Waals surface area (Å²) in [4.78, 5) is 0. The molecule has 0 heterocycles. The zero-order chi connectivity index (χ0) is 23.8. The molecule has 32 heavy (non-hydrogen) atoms. The Labute approximate surface area is 196 Å². The van der Waals surface area contributed by atoms with Crippen LogP contribution in [0.2, 0.25) is 0 Å². The number of unbranched alkanes of at least 4 members (excludes halogenated alkanes) is 2. The molecule has 5 heteroatoms. The van der Waals surface area contributed by atoms with E-state index in [1.165, 1.54) is 23.1 Å². The fourth-order valence-corrected chi connectivity index (χ4v) is 4.07. The topological polar surface area (TPSA) is 88.1 Å². The second-order valence-corrected chi connectivity index (χ2v) is 9.01. The maximum atomic E-state index is 5.42. The smallest absolute Gasteiger partial charge is 0.0258 e. The lowest BCUT2D eigenvalue weighted by Crippen LogP contribution is -2.28. The molecular weight excluding hydrogens is 394 g/mol. The number of hydrogen-bond acceptors (Lipinski definition) is 5. The number of rotatable bonds is 19. The van der Waals surface area contributed by atoms with Gasteiger partial charge in [-0.15, -0.1) is 0 Å². The first kappa shape index (κ1) is 27.8. The maximum absolute atomic E-state index is 5.42. The lowest BCUT2D eigenvalue weighted by atomic mass is 9.98. The summed E-state index contributed by atoms with van der Waals surface area (Å²) in [7, 11) is 0. The Bertz CT molecular complexity index is 686.